The second kappa shape index (κ2) is 6.24. The molecule has 0 atom stereocenters. The predicted molar refractivity (Wildman–Crippen MR) is 52.3 cm³/mol. The van der Waals surface area contributed by atoms with Crippen LogP contribution < -0.4 is 0 Å². The van der Waals surface area contributed by atoms with Crippen LogP contribution in [0.2, 0.25) is 0 Å². The maximum absolute atomic E-state index is 5.73. The summed E-state index contributed by atoms with van der Waals surface area (Å²) in [5.74, 6) is 0. The lowest BCUT2D eigenvalue weighted by Gasteiger charge is -2.21. The lowest BCUT2D eigenvalue weighted by molar-refractivity contribution is 0.0312. The molecule has 0 bridgehead atoms. The van der Waals surface area contributed by atoms with Crippen LogP contribution >= 0.6 is 0 Å². The summed E-state index contributed by atoms with van der Waals surface area (Å²) in [7, 11) is 0. The molecule has 12 heavy (non-hydrogen) atoms. The first-order valence-corrected chi connectivity index (χ1v) is 5.16. The zero-order valence-corrected chi connectivity index (χ0v) is 8.09. The molecule has 1 aliphatic carbocycles. The van der Waals surface area contributed by atoms with Crippen LogP contribution in [0.1, 0.15) is 45.4 Å². The Kier molecular flexibility index (Phi) is 5.09. The van der Waals surface area contributed by atoms with Gasteiger partial charge in [-0.25, -0.2) is 0 Å². The van der Waals surface area contributed by atoms with Gasteiger partial charge in [0.15, 0.2) is 0 Å². The van der Waals surface area contributed by atoms with E-state index < -0.39 is 0 Å². The molecule has 0 amide bonds. The van der Waals surface area contributed by atoms with E-state index in [2.05, 4.69) is 19.1 Å². The molecule has 0 saturated heterocycles. The average Bonchev–Trinajstić information content (AvgIpc) is 2.14. The third-order valence-corrected chi connectivity index (χ3v) is 2.43. The summed E-state index contributed by atoms with van der Waals surface area (Å²) < 4.78 is 5.73. The molecular formula is C11H20O. The molecule has 1 nitrogen and oxygen atoms in total. The van der Waals surface area contributed by atoms with Gasteiger partial charge in [0.1, 0.15) is 0 Å². The molecule has 70 valence electrons. The van der Waals surface area contributed by atoms with E-state index in [1.54, 1.807) is 0 Å². The molecule has 0 aromatic heterocycles. The van der Waals surface area contributed by atoms with Crippen LogP contribution in [-0.4, -0.2) is 12.7 Å². The smallest absolute Gasteiger partial charge is 0.0575 e. The van der Waals surface area contributed by atoms with Crippen LogP contribution in [0.15, 0.2) is 12.2 Å². The van der Waals surface area contributed by atoms with E-state index in [0.717, 1.165) is 13.0 Å². The normalized spacial score (nSPS) is 20.4. The van der Waals surface area contributed by atoms with Gasteiger partial charge in [0.2, 0.25) is 0 Å². The third kappa shape index (κ3) is 3.91. The van der Waals surface area contributed by atoms with Crippen molar-refractivity contribution in [3.8, 4) is 0 Å². The number of rotatable bonds is 4. The number of ether oxygens (including phenoxy) is 1. The maximum atomic E-state index is 5.73. The van der Waals surface area contributed by atoms with Gasteiger partial charge in [-0.3, -0.25) is 0 Å². The molecular weight excluding hydrogens is 148 g/mol. The van der Waals surface area contributed by atoms with Gasteiger partial charge in [-0.2, -0.15) is 0 Å². The van der Waals surface area contributed by atoms with Crippen molar-refractivity contribution in [3.05, 3.63) is 12.2 Å². The molecule has 0 radical (unpaired) electrons. The van der Waals surface area contributed by atoms with Crippen LogP contribution in [0.25, 0.3) is 0 Å². The highest BCUT2D eigenvalue weighted by atomic mass is 16.5. The molecule has 0 spiro atoms. The maximum Gasteiger partial charge on any atom is 0.0575 e. The van der Waals surface area contributed by atoms with E-state index in [-0.39, 0.29) is 0 Å². The van der Waals surface area contributed by atoms with Gasteiger partial charge >= 0.3 is 0 Å². The standard InChI is InChI=1S/C11H20O/c1-2-3-7-10-12-11-8-5-4-6-9-11/h2-3,11H,4-10H2,1H3. The highest BCUT2D eigenvalue weighted by Crippen LogP contribution is 2.20. The Labute approximate surface area is 75.8 Å². The predicted octanol–water partition coefficient (Wildman–Crippen LogP) is 3.30. The van der Waals surface area contributed by atoms with Gasteiger partial charge in [0.05, 0.1) is 12.7 Å². The first-order chi connectivity index (χ1) is 5.93. The summed E-state index contributed by atoms with van der Waals surface area (Å²) in [4.78, 5) is 0. The summed E-state index contributed by atoms with van der Waals surface area (Å²) in [5.41, 5.74) is 0. The second-order valence-corrected chi connectivity index (χ2v) is 3.49. The second-order valence-electron chi connectivity index (χ2n) is 3.49. The SMILES string of the molecule is CC=CCCOC1CCCCC1. The van der Waals surface area contributed by atoms with Crippen molar-refractivity contribution >= 4 is 0 Å². The Morgan fingerprint density at radius 2 is 2.00 bits per heavy atom. The zero-order chi connectivity index (χ0) is 8.65. The van der Waals surface area contributed by atoms with Crippen molar-refractivity contribution in [2.24, 2.45) is 0 Å². The lowest BCUT2D eigenvalue weighted by atomic mass is 9.98. The van der Waals surface area contributed by atoms with E-state index in [0.29, 0.717) is 6.10 Å². The van der Waals surface area contributed by atoms with Gasteiger partial charge in [-0.15, -0.1) is 0 Å². The van der Waals surface area contributed by atoms with Crippen molar-refractivity contribution in [2.75, 3.05) is 6.61 Å². The molecule has 0 aliphatic heterocycles. The largest absolute Gasteiger partial charge is 0.378 e. The fourth-order valence-electron chi connectivity index (χ4n) is 1.70. The minimum atomic E-state index is 0.573. The highest BCUT2D eigenvalue weighted by molar-refractivity contribution is 4.76. The summed E-state index contributed by atoms with van der Waals surface area (Å²) in [6.07, 6.45) is 12.6. The summed E-state index contributed by atoms with van der Waals surface area (Å²) in [6.45, 7) is 2.97. The monoisotopic (exact) mass is 168 g/mol. The summed E-state index contributed by atoms with van der Waals surface area (Å²) in [6, 6.07) is 0. The van der Waals surface area contributed by atoms with E-state index in [4.69, 9.17) is 4.74 Å². The summed E-state index contributed by atoms with van der Waals surface area (Å²) >= 11 is 0. The number of hydrogen-bond donors (Lipinski definition) is 0. The Balaban J connectivity index is 1.97. The highest BCUT2D eigenvalue weighted by Gasteiger charge is 2.12. The molecule has 0 unspecified atom stereocenters. The Hall–Kier alpha value is -0.300. The fourth-order valence-corrected chi connectivity index (χ4v) is 1.70. The van der Waals surface area contributed by atoms with Crippen molar-refractivity contribution in [2.45, 2.75) is 51.6 Å². The van der Waals surface area contributed by atoms with Crippen LogP contribution in [-0.2, 0) is 4.74 Å². The van der Waals surface area contributed by atoms with E-state index in [1.165, 1.54) is 32.1 Å². The van der Waals surface area contributed by atoms with Gasteiger partial charge in [-0.1, -0.05) is 31.4 Å². The van der Waals surface area contributed by atoms with Crippen molar-refractivity contribution in [1.82, 2.24) is 0 Å². The Bertz CT molecular complexity index is 123. The Morgan fingerprint density at radius 3 is 2.67 bits per heavy atom. The van der Waals surface area contributed by atoms with Crippen LogP contribution in [0.3, 0.4) is 0 Å². The van der Waals surface area contributed by atoms with Gasteiger partial charge in [-0.05, 0) is 26.2 Å². The minimum absolute atomic E-state index is 0.573. The van der Waals surface area contributed by atoms with Crippen molar-refractivity contribution in [3.63, 3.8) is 0 Å². The van der Waals surface area contributed by atoms with Crippen molar-refractivity contribution < 1.29 is 4.74 Å². The van der Waals surface area contributed by atoms with E-state index >= 15 is 0 Å². The topological polar surface area (TPSA) is 9.23 Å². The summed E-state index contributed by atoms with van der Waals surface area (Å²) in [5, 5.41) is 0. The molecule has 1 rings (SSSR count). The van der Waals surface area contributed by atoms with Crippen LogP contribution in [0, 0.1) is 0 Å². The van der Waals surface area contributed by atoms with Gasteiger partial charge in [0.25, 0.3) is 0 Å². The van der Waals surface area contributed by atoms with Gasteiger partial charge in [0, 0.05) is 0 Å². The molecule has 0 aromatic rings. The van der Waals surface area contributed by atoms with Crippen LogP contribution in [0.4, 0.5) is 0 Å². The van der Waals surface area contributed by atoms with Crippen LogP contribution in [0.5, 0.6) is 0 Å². The third-order valence-electron chi connectivity index (χ3n) is 2.43. The lowest BCUT2D eigenvalue weighted by Crippen LogP contribution is -2.16. The zero-order valence-electron chi connectivity index (χ0n) is 8.09. The fraction of sp³-hybridized carbons (Fsp3) is 0.818. The van der Waals surface area contributed by atoms with E-state index in [1.807, 2.05) is 0 Å². The molecule has 0 N–H and O–H groups in total. The minimum Gasteiger partial charge on any atom is -0.378 e. The quantitative estimate of drug-likeness (QED) is 0.462. The molecule has 1 heteroatoms. The van der Waals surface area contributed by atoms with Gasteiger partial charge < -0.3 is 4.74 Å². The molecule has 1 saturated carbocycles. The molecule has 0 aromatic carbocycles. The molecule has 1 fully saturated rings. The average molecular weight is 168 g/mol. The molecule has 0 heterocycles. The molecule has 1 aliphatic rings. The van der Waals surface area contributed by atoms with E-state index in [9.17, 15) is 0 Å². The number of hydrogen-bond acceptors (Lipinski definition) is 1. The Morgan fingerprint density at radius 1 is 1.25 bits per heavy atom. The first kappa shape index (κ1) is 9.79. The number of allylic oxidation sites excluding steroid dienone is 1. The van der Waals surface area contributed by atoms with Crippen molar-refractivity contribution in [1.29, 1.82) is 0 Å². The first-order valence-electron chi connectivity index (χ1n) is 5.16.